The first-order valence-corrected chi connectivity index (χ1v) is 8.16. The minimum atomic E-state index is -0.286. The quantitative estimate of drug-likeness (QED) is 0.756. The van der Waals surface area contributed by atoms with Crippen LogP contribution in [0.2, 0.25) is 0 Å². The van der Waals surface area contributed by atoms with Crippen LogP contribution in [0.5, 0.6) is 11.5 Å². The van der Waals surface area contributed by atoms with Gasteiger partial charge < -0.3 is 14.2 Å². The lowest BCUT2D eigenvalue weighted by Crippen LogP contribution is -2.32. The fourth-order valence-electron chi connectivity index (χ4n) is 2.50. The monoisotopic (exact) mass is 344 g/mol. The highest BCUT2D eigenvalue weighted by Gasteiger charge is 2.08. The van der Waals surface area contributed by atoms with E-state index in [1.807, 2.05) is 29.4 Å². The molecule has 2 aromatic carbocycles. The lowest BCUT2D eigenvalue weighted by Gasteiger charge is -2.23. The summed E-state index contributed by atoms with van der Waals surface area (Å²) in [4.78, 5) is 0. The van der Waals surface area contributed by atoms with E-state index >= 15 is 0 Å². The van der Waals surface area contributed by atoms with Crippen LogP contribution in [0, 0.1) is 5.82 Å². The molecule has 0 aliphatic carbocycles. The summed E-state index contributed by atoms with van der Waals surface area (Å²) in [6.07, 6.45) is 1.83. The van der Waals surface area contributed by atoms with Gasteiger partial charge in [0.15, 0.2) is 0 Å². The second-order valence-electron chi connectivity index (χ2n) is 5.62. The highest BCUT2D eigenvalue weighted by atomic mass is 19.1. The normalized spacial score (nSPS) is 14.7. The Bertz CT molecular complexity index is 713. The number of hydrogen-bond acceptors (Lipinski definition) is 5. The lowest BCUT2D eigenvalue weighted by molar-refractivity contribution is 0.0397. The summed E-state index contributed by atoms with van der Waals surface area (Å²) in [6.45, 7) is 3.34. The number of hydrazone groups is 1. The molecule has 1 heterocycles. The van der Waals surface area contributed by atoms with Crippen molar-refractivity contribution >= 4 is 6.21 Å². The van der Waals surface area contributed by atoms with Crippen molar-refractivity contribution in [1.82, 2.24) is 5.01 Å². The largest absolute Gasteiger partial charge is 0.496 e. The standard InChI is InChI=1S/C19H21FN2O3/c1-23-19-7-2-15(13-21-22-8-10-24-11-9-22)12-16(19)14-25-18-5-3-17(20)4-6-18/h2-7,12-13H,8-11,14H2,1H3/b21-13+. The number of ether oxygens (including phenoxy) is 3. The molecule has 0 aromatic heterocycles. The van der Waals surface area contributed by atoms with E-state index in [9.17, 15) is 4.39 Å². The van der Waals surface area contributed by atoms with E-state index in [0.717, 1.165) is 30.0 Å². The summed E-state index contributed by atoms with van der Waals surface area (Å²) in [6, 6.07) is 11.8. The van der Waals surface area contributed by atoms with Crippen LogP contribution < -0.4 is 9.47 Å². The average molecular weight is 344 g/mol. The molecule has 1 aliphatic heterocycles. The molecule has 0 amide bonds. The van der Waals surface area contributed by atoms with Gasteiger partial charge in [-0.25, -0.2) is 4.39 Å². The molecule has 0 unspecified atom stereocenters. The number of hydrogen-bond donors (Lipinski definition) is 0. The molecule has 0 atom stereocenters. The number of nitrogens with zero attached hydrogens (tertiary/aromatic N) is 2. The molecule has 0 radical (unpaired) electrons. The predicted molar refractivity (Wildman–Crippen MR) is 93.7 cm³/mol. The van der Waals surface area contributed by atoms with E-state index in [2.05, 4.69) is 5.10 Å². The van der Waals surface area contributed by atoms with Crippen LogP contribution in [-0.4, -0.2) is 44.6 Å². The maximum absolute atomic E-state index is 13.0. The van der Waals surface area contributed by atoms with Gasteiger partial charge in [-0.3, -0.25) is 5.01 Å². The molecule has 3 rings (SSSR count). The van der Waals surface area contributed by atoms with Crippen LogP contribution in [-0.2, 0) is 11.3 Å². The summed E-state index contributed by atoms with van der Waals surface area (Å²) in [5, 5.41) is 6.47. The van der Waals surface area contributed by atoms with Crippen LogP contribution in [0.15, 0.2) is 47.6 Å². The second kappa shape index (κ2) is 8.48. The Morgan fingerprint density at radius 3 is 2.64 bits per heavy atom. The summed E-state index contributed by atoms with van der Waals surface area (Å²) in [5.41, 5.74) is 1.86. The maximum atomic E-state index is 13.0. The molecule has 0 spiro atoms. The zero-order chi connectivity index (χ0) is 17.5. The number of rotatable bonds is 6. The Labute approximate surface area is 146 Å². The molecule has 0 bridgehead atoms. The van der Waals surface area contributed by atoms with Gasteiger partial charge in [0, 0.05) is 5.56 Å². The Balaban J connectivity index is 1.68. The van der Waals surface area contributed by atoms with Gasteiger partial charge in [0.05, 0.1) is 39.6 Å². The zero-order valence-electron chi connectivity index (χ0n) is 14.2. The molecular formula is C19H21FN2O3. The van der Waals surface area contributed by atoms with E-state index < -0.39 is 0 Å². The van der Waals surface area contributed by atoms with Gasteiger partial charge in [0.2, 0.25) is 0 Å². The Kier molecular flexibility index (Phi) is 5.85. The van der Waals surface area contributed by atoms with Gasteiger partial charge in [-0.05, 0) is 48.0 Å². The van der Waals surface area contributed by atoms with E-state index in [0.29, 0.717) is 25.6 Å². The molecule has 6 heteroatoms. The first kappa shape index (κ1) is 17.2. The predicted octanol–water partition coefficient (Wildman–Crippen LogP) is 3.08. The highest BCUT2D eigenvalue weighted by Crippen LogP contribution is 2.22. The third-order valence-electron chi connectivity index (χ3n) is 3.87. The van der Waals surface area contributed by atoms with Crippen molar-refractivity contribution in [3.8, 4) is 11.5 Å². The highest BCUT2D eigenvalue weighted by molar-refractivity contribution is 5.80. The number of morpholine rings is 1. The number of benzene rings is 2. The Morgan fingerprint density at radius 1 is 1.16 bits per heavy atom. The summed E-state index contributed by atoms with van der Waals surface area (Å²) in [5.74, 6) is 1.06. The third-order valence-corrected chi connectivity index (χ3v) is 3.87. The summed E-state index contributed by atoms with van der Waals surface area (Å²) < 4.78 is 29.4. The molecule has 2 aromatic rings. The van der Waals surface area contributed by atoms with Gasteiger partial charge in [-0.2, -0.15) is 5.10 Å². The van der Waals surface area contributed by atoms with E-state index in [1.54, 1.807) is 19.2 Å². The van der Waals surface area contributed by atoms with Gasteiger partial charge in [-0.15, -0.1) is 0 Å². The molecular weight excluding hydrogens is 323 g/mol. The van der Waals surface area contributed by atoms with Gasteiger partial charge in [0.1, 0.15) is 23.9 Å². The topological polar surface area (TPSA) is 43.3 Å². The summed E-state index contributed by atoms with van der Waals surface area (Å²) >= 11 is 0. The van der Waals surface area contributed by atoms with Gasteiger partial charge in [-0.1, -0.05) is 0 Å². The van der Waals surface area contributed by atoms with Crippen molar-refractivity contribution in [2.75, 3.05) is 33.4 Å². The van der Waals surface area contributed by atoms with Crippen LogP contribution in [0.25, 0.3) is 0 Å². The van der Waals surface area contributed by atoms with Crippen molar-refractivity contribution in [2.45, 2.75) is 6.61 Å². The minimum Gasteiger partial charge on any atom is -0.496 e. The van der Waals surface area contributed by atoms with Crippen LogP contribution in [0.4, 0.5) is 4.39 Å². The first-order valence-electron chi connectivity index (χ1n) is 8.16. The van der Waals surface area contributed by atoms with Crippen molar-refractivity contribution in [3.63, 3.8) is 0 Å². The van der Waals surface area contributed by atoms with Crippen molar-refractivity contribution in [3.05, 3.63) is 59.4 Å². The molecule has 1 aliphatic rings. The molecule has 25 heavy (non-hydrogen) atoms. The smallest absolute Gasteiger partial charge is 0.125 e. The SMILES string of the molecule is COc1ccc(/C=N/N2CCOCC2)cc1COc1ccc(F)cc1. The summed E-state index contributed by atoms with van der Waals surface area (Å²) in [7, 11) is 1.62. The fraction of sp³-hybridized carbons (Fsp3) is 0.316. The minimum absolute atomic E-state index is 0.286. The van der Waals surface area contributed by atoms with E-state index in [1.165, 1.54) is 12.1 Å². The van der Waals surface area contributed by atoms with Crippen LogP contribution in [0.1, 0.15) is 11.1 Å². The molecule has 5 nitrogen and oxygen atoms in total. The zero-order valence-corrected chi connectivity index (χ0v) is 14.2. The van der Waals surface area contributed by atoms with Crippen LogP contribution in [0.3, 0.4) is 0 Å². The lowest BCUT2D eigenvalue weighted by atomic mass is 10.1. The number of halogens is 1. The van der Waals surface area contributed by atoms with Crippen molar-refractivity contribution in [2.24, 2.45) is 5.10 Å². The van der Waals surface area contributed by atoms with E-state index in [4.69, 9.17) is 14.2 Å². The van der Waals surface area contributed by atoms with E-state index in [-0.39, 0.29) is 5.82 Å². The average Bonchev–Trinajstić information content (AvgIpc) is 2.67. The van der Waals surface area contributed by atoms with Crippen molar-refractivity contribution in [1.29, 1.82) is 0 Å². The number of methoxy groups -OCH3 is 1. The van der Waals surface area contributed by atoms with Crippen molar-refractivity contribution < 1.29 is 18.6 Å². The molecule has 132 valence electrons. The second-order valence-corrected chi connectivity index (χ2v) is 5.62. The molecule has 1 saturated heterocycles. The Hall–Kier alpha value is -2.60. The van der Waals surface area contributed by atoms with Gasteiger partial charge >= 0.3 is 0 Å². The Morgan fingerprint density at radius 2 is 1.92 bits per heavy atom. The molecule has 0 saturated carbocycles. The van der Waals surface area contributed by atoms with Crippen LogP contribution >= 0.6 is 0 Å². The molecule has 1 fully saturated rings. The third kappa shape index (κ3) is 4.93. The fourth-order valence-corrected chi connectivity index (χ4v) is 2.50. The van der Waals surface area contributed by atoms with Gasteiger partial charge in [0.25, 0.3) is 0 Å². The molecule has 0 N–H and O–H groups in total. The maximum Gasteiger partial charge on any atom is 0.125 e. The first-order chi connectivity index (χ1) is 12.2.